The second-order valence-corrected chi connectivity index (χ2v) is 4.90. The summed E-state index contributed by atoms with van der Waals surface area (Å²) in [5.41, 5.74) is 7.22. The van der Waals surface area contributed by atoms with Crippen LogP contribution in [0.1, 0.15) is 20.8 Å². The maximum absolute atomic E-state index is 5.69. The summed E-state index contributed by atoms with van der Waals surface area (Å²) in [5.74, 6) is 0.728. The van der Waals surface area contributed by atoms with Crippen molar-refractivity contribution in [2.24, 2.45) is 16.1 Å². The number of nitrogens with zero attached hydrogens (tertiary/aromatic N) is 2. The van der Waals surface area contributed by atoms with E-state index in [0.29, 0.717) is 0 Å². The number of amidine groups is 1. The van der Waals surface area contributed by atoms with Gasteiger partial charge in [0.05, 0.1) is 6.54 Å². The molecule has 2 aliphatic heterocycles. The van der Waals surface area contributed by atoms with Crippen molar-refractivity contribution < 1.29 is 0 Å². The molecule has 0 bridgehead atoms. The molecule has 0 spiro atoms. The first-order valence-corrected chi connectivity index (χ1v) is 4.95. The van der Waals surface area contributed by atoms with E-state index < -0.39 is 0 Å². The lowest BCUT2D eigenvalue weighted by atomic mass is 9.85. The van der Waals surface area contributed by atoms with Crippen LogP contribution in [-0.2, 0) is 0 Å². The Kier molecular flexibility index (Phi) is 1.91. The molecule has 14 heavy (non-hydrogen) atoms. The topological polar surface area (TPSA) is 41.6 Å². The van der Waals surface area contributed by atoms with Crippen molar-refractivity contribution in [3.63, 3.8) is 0 Å². The SMILES string of the molecule is CC(C)(C)C1=CN2CC(N)=NC2C=C1. The average molecular weight is 191 g/mol. The standard InChI is InChI=1S/C11H17N3/c1-11(2,3)8-4-5-10-13-9(12)7-14(10)6-8/h4-6,10H,7H2,1-3H3,(H2,12,13). The zero-order valence-electron chi connectivity index (χ0n) is 8.99. The minimum atomic E-state index is 0.140. The Morgan fingerprint density at radius 3 is 2.86 bits per heavy atom. The molecule has 2 N–H and O–H groups in total. The van der Waals surface area contributed by atoms with E-state index in [-0.39, 0.29) is 11.6 Å². The van der Waals surface area contributed by atoms with Gasteiger partial charge in [0.15, 0.2) is 0 Å². The zero-order chi connectivity index (χ0) is 10.3. The summed E-state index contributed by atoms with van der Waals surface area (Å²) in [5, 5.41) is 0. The number of nitrogens with two attached hydrogens (primary N) is 1. The first-order chi connectivity index (χ1) is 6.47. The predicted molar refractivity (Wildman–Crippen MR) is 58.8 cm³/mol. The summed E-state index contributed by atoms with van der Waals surface area (Å²) >= 11 is 0. The minimum Gasteiger partial charge on any atom is -0.386 e. The van der Waals surface area contributed by atoms with E-state index in [1.807, 2.05) is 0 Å². The number of aliphatic imine (C=N–C) groups is 1. The summed E-state index contributed by atoms with van der Waals surface area (Å²) in [6.45, 7) is 7.39. The van der Waals surface area contributed by atoms with Crippen molar-refractivity contribution in [3.05, 3.63) is 23.9 Å². The second kappa shape index (κ2) is 2.87. The molecule has 0 saturated carbocycles. The Morgan fingerprint density at radius 1 is 1.50 bits per heavy atom. The summed E-state index contributed by atoms with van der Waals surface area (Å²) in [6, 6.07) is 0. The summed E-state index contributed by atoms with van der Waals surface area (Å²) in [6.07, 6.45) is 6.58. The Morgan fingerprint density at radius 2 is 2.21 bits per heavy atom. The lowest BCUT2D eigenvalue weighted by Crippen LogP contribution is -2.30. The second-order valence-electron chi connectivity index (χ2n) is 4.90. The molecule has 0 fully saturated rings. The van der Waals surface area contributed by atoms with Gasteiger partial charge in [-0.15, -0.1) is 0 Å². The highest BCUT2D eigenvalue weighted by Gasteiger charge is 2.26. The van der Waals surface area contributed by atoms with Gasteiger partial charge >= 0.3 is 0 Å². The number of allylic oxidation sites excluding steroid dienone is 2. The normalized spacial score (nSPS) is 25.9. The van der Waals surface area contributed by atoms with Crippen LogP contribution < -0.4 is 5.73 Å². The van der Waals surface area contributed by atoms with E-state index in [1.165, 1.54) is 5.57 Å². The average Bonchev–Trinajstić information content (AvgIpc) is 2.41. The quantitative estimate of drug-likeness (QED) is 0.630. The molecule has 0 saturated heterocycles. The van der Waals surface area contributed by atoms with Gasteiger partial charge in [0.2, 0.25) is 0 Å². The Hall–Kier alpha value is -1.25. The van der Waals surface area contributed by atoms with Crippen molar-refractivity contribution >= 4 is 5.84 Å². The van der Waals surface area contributed by atoms with Gasteiger partial charge in [-0.05, 0) is 17.1 Å². The fraction of sp³-hybridized carbons (Fsp3) is 0.545. The molecule has 0 aromatic carbocycles. The molecule has 3 heteroatoms. The van der Waals surface area contributed by atoms with Gasteiger partial charge in [-0.3, -0.25) is 0 Å². The monoisotopic (exact) mass is 191 g/mol. The third-order valence-electron chi connectivity index (χ3n) is 2.60. The first-order valence-electron chi connectivity index (χ1n) is 4.95. The molecule has 1 atom stereocenters. The highest BCUT2D eigenvalue weighted by molar-refractivity contribution is 5.84. The molecule has 0 aliphatic carbocycles. The van der Waals surface area contributed by atoms with Crippen molar-refractivity contribution in [2.75, 3.05) is 6.54 Å². The molecule has 0 aromatic rings. The third-order valence-corrected chi connectivity index (χ3v) is 2.60. The van der Waals surface area contributed by atoms with Gasteiger partial charge in [0, 0.05) is 6.20 Å². The van der Waals surface area contributed by atoms with Crippen molar-refractivity contribution in [1.82, 2.24) is 4.90 Å². The van der Waals surface area contributed by atoms with Gasteiger partial charge in [-0.1, -0.05) is 26.8 Å². The third kappa shape index (κ3) is 1.54. The van der Waals surface area contributed by atoms with Crippen LogP contribution in [-0.4, -0.2) is 23.4 Å². The molecule has 0 radical (unpaired) electrons. The van der Waals surface area contributed by atoms with Gasteiger partial charge in [0.25, 0.3) is 0 Å². The van der Waals surface area contributed by atoms with Gasteiger partial charge in [0.1, 0.15) is 12.0 Å². The van der Waals surface area contributed by atoms with Crippen LogP contribution in [0.25, 0.3) is 0 Å². The molecule has 3 nitrogen and oxygen atoms in total. The summed E-state index contributed by atoms with van der Waals surface area (Å²) in [4.78, 5) is 6.49. The Bertz CT molecular complexity index is 331. The maximum Gasteiger partial charge on any atom is 0.142 e. The molecular formula is C11H17N3. The maximum atomic E-state index is 5.69. The number of fused-ring (bicyclic) bond motifs is 1. The Balaban J connectivity index is 2.22. The number of hydrogen-bond acceptors (Lipinski definition) is 3. The smallest absolute Gasteiger partial charge is 0.142 e. The highest BCUT2D eigenvalue weighted by atomic mass is 15.3. The lowest BCUT2D eigenvalue weighted by Gasteiger charge is -2.29. The zero-order valence-corrected chi connectivity index (χ0v) is 8.99. The van der Waals surface area contributed by atoms with Crippen LogP contribution in [0.2, 0.25) is 0 Å². The fourth-order valence-corrected chi connectivity index (χ4v) is 1.70. The predicted octanol–water partition coefficient (Wildman–Crippen LogP) is 1.49. The molecule has 0 amide bonds. The molecule has 2 heterocycles. The molecule has 2 rings (SSSR count). The van der Waals surface area contributed by atoms with Crippen LogP contribution in [0.15, 0.2) is 28.9 Å². The van der Waals surface area contributed by atoms with Crippen molar-refractivity contribution in [1.29, 1.82) is 0 Å². The first kappa shape index (κ1) is 9.31. The van der Waals surface area contributed by atoms with E-state index in [0.717, 1.165) is 12.4 Å². The minimum absolute atomic E-state index is 0.140. The molecule has 76 valence electrons. The van der Waals surface area contributed by atoms with E-state index in [2.05, 4.69) is 49.0 Å². The van der Waals surface area contributed by atoms with Crippen LogP contribution in [0.5, 0.6) is 0 Å². The highest BCUT2D eigenvalue weighted by Crippen LogP contribution is 2.30. The number of hydrogen-bond donors (Lipinski definition) is 1. The Labute approximate surface area is 85.0 Å². The van der Waals surface area contributed by atoms with E-state index in [9.17, 15) is 0 Å². The van der Waals surface area contributed by atoms with Gasteiger partial charge in [-0.25, -0.2) is 4.99 Å². The van der Waals surface area contributed by atoms with Crippen molar-refractivity contribution in [2.45, 2.75) is 26.9 Å². The fourth-order valence-electron chi connectivity index (χ4n) is 1.70. The number of rotatable bonds is 0. The van der Waals surface area contributed by atoms with Gasteiger partial charge < -0.3 is 10.6 Å². The largest absolute Gasteiger partial charge is 0.386 e. The molecule has 1 unspecified atom stereocenters. The van der Waals surface area contributed by atoms with E-state index >= 15 is 0 Å². The van der Waals surface area contributed by atoms with E-state index in [4.69, 9.17) is 5.73 Å². The molecular weight excluding hydrogens is 174 g/mol. The molecule has 2 aliphatic rings. The summed E-state index contributed by atoms with van der Waals surface area (Å²) < 4.78 is 0. The van der Waals surface area contributed by atoms with Crippen LogP contribution in [0, 0.1) is 5.41 Å². The van der Waals surface area contributed by atoms with Gasteiger partial charge in [-0.2, -0.15) is 0 Å². The lowest BCUT2D eigenvalue weighted by molar-refractivity contribution is 0.373. The van der Waals surface area contributed by atoms with Crippen LogP contribution in [0.3, 0.4) is 0 Å². The van der Waals surface area contributed by atoms with Crippen molar-refractivity contribution in [3.8, 4) is 0 Å². The van der Waals surface area contributed by atoms with E-state index in [1.54, 1.807) is 0 Å². The summed E-state index contributed by atoms with van der Waals surface area (Å²) in [7, 11) is 0. The van der Waals surface area contributed by atoms with Crippen LogP contribution >= 0.6 is 0 Å². The van der Waals surface area contributed by atoms with Crippen LogP contribution in [0.4, 0.5) is 0 Å². The molecule has 0 aromatic heterocycles.